The molecule has 2 aromatic carbocycles. The molecule has 0 atom stereocenters. The first-order chi connectivity index (χ1) is 12.1. The molecule has 0 aliphatic rings. The number of amides is 1. The summed E-state index contributed by atoms with van der Waals surface area (Å²) in [6.45, 7) is 0.280. The number of benzene rings is 2. The van der Waals surface area contributed by atoms with E-state index in [9.17, 15) is 14.9 Å². The molecule has 0 aliphatic carbocycles. The van der Waals surface area contributed by atoms with Crippen LogP contribution < -0.4 is 5.32 Å². The molecule has 7 nitrogen and oxygen atoms in total. The SMILES string of the molecule is O=C(CCn1cc([N+](=O)[O-])cn1)Nc1ccc(-c2ccccc2)cc1. The molecule has 0 bridgehead atoms. The number of hydrogen-bond acceptors (Lipinski definition) is 4. The Hall–Kier alpha value is -3.48. The van der Waals surface area contributed by atoms with Crippen molar-refractivity contribution in [3.8, 4) is 11.1 Å². The number of nitrogens with one attached hydrogen (secondary N) is 1. The van der Waals surface area contributed by atoms with Gasteiger partial charge in [0.15, 0.2) is 0 Å². The van der Waals surface area contributed by atoms with E-state index in [1.165, 1.54) is 17.1 Å². The number of anilines is 1. The van der Waals surface area contributed by atoms with E-state index in [1.807, 2.05) is 54.6 Å². The van der Waals surface area contributed by atoms with Gasteiger partial charge in [0.1, 0.15) is 12.4 Å². The summed E-state index contributed by atoms with van der Waals surface area (Å²) in [6, 6.07) is 17.6. The molecule has 0 aliphatic heterocycles. The highest BCUT2D eigenvalue weighted by Crippen LogP contribution is 2.21. The van der Waals surface area contributed by atoms with Gasteiger partial charge in [0, 0.05) is 18.7 Å². The maximum absolute atomic E-state index is 12.0. The van der Waals surface area contributed by atoms with E-state index in [-0.39, 0.29) is 24.6 Å². The van der Waals surface area contributed by atoms with Gasteiger partial charge in [-0.3, -0.25) is 19.6 Å². The van der Waals surface area contributed by atoms with Crippen LogP contribution in [0.3, 0.4) is 0 Å². The summed E-state index contributed by atoms with van der Waals surface area (Å²) in [5, 5.41) is 17.3. The van der Waals surface area contributed by atoms with Crippen molar-refractivity contribution in [1.29, 1.82) is 0 Å². The number of nitrogens with zero attached hydrogens (tertiary/aromatic N) is 3. The van der Waals surface area contributed by atoms with Crippen molar-refractivity contribution >= 4 is 17.3 Å². The Morgan fingerprint density at radius 3 is 2.40 bits per heavy atom. The number of carbonyl (C=O) groups excluding carboxylic acids is 1. The highest BCUT2D eigenvalue weighted by atomic mass is 16.6. The second-order valence-corrected chi connectivity index (χ2v) is 5.46. The Balaban J connectivity index is 1.55. The molecule has 3 aromatic rings. The van der Waals surface area contributed by atoms with Gasteiger partial charge in [-0.1, -0.05) is 42.5 Å². The fourth-order valence-corrected chi connectivity index (χ4v) is 2.39. The smallest absolute Gasteiger partial charge is 0.306 e. The summed E-state index contributed by atoms with van der Waals surface area (Å²) in [5.74, 6) is -0.175. The first-order valence-corrected chi connectivity index (χ1v) is 7.74. The van der Waals surface area contributed by atoms with E-state index in [2.05, 4.69) is 10.4 Å². The molecule has 0 saturated carbocycles. The molecule has 1 N–H and O–H groups in total. The minimum atomic E-state index is -0.516. The Bertz CT molecular complexity index is 873. The number of aryl methyl sites for hydroxylation is 1. The summed E-state index contributed by atoms with van der Waals surface area (Å²) in [7, 11) is 0. The molecule has 7 heteroatoms. The molecule has 0 radical (unpaired) electrons. The van der Waals surface area contributed by atoms with E-state index in [0.29, 0.717) is 5.69 Å². The van der Waals surface area contributed by atoms with Gasteiger partial charge in [0.05, 0.1) is 4.92 Å². The first kappa shape index (κ1) is 16.4. The largest absolute Gasteiger partial charge is 0.326 e. The van der Waals surface area contributed by atoms with Crippen LogP contribution in [-0.4, -0.2) is 20.6 Å². The predicted molar refractivity (Wildman–Crippen MR) is 94.0 cm³/mol. The van der Waals surface area contributed by atoms with Gasteiger partial charge in [-0.2, -0.15) is 5.10 Å². The summed E-state index contributed by atoms with van der Waals surface area (Å²) in [5.41, 5.74) is 2.80. The molecular formula is C18H16N4O3. The van der Waals surface area contributed by atoms with Crippen LogP contribution in [0, 0.1) is 10.1 Å². The average Bonchev–Trinajstić information content (AvgIpc) is 3.11. The second-order valence-electron chi connectivity index (χ2n) is 5.46. The highest BCUT2D eigenvalue weighted by molar-refractivity contribution is 5.90. The van der Waals surface area contributed by atoms with Crippen LogP contribution in [0.2, 0.25) is 0 Å². The summed E-state index contributed by atoms with van der Waals surface area (Å²) >= 11 is 0. The van der Waals surface area contributed by atoms with Crippen LogP contribution >= 0.6 is 0 Å². The van der Waals surface area contributed by atoms with Crippen molar-refractivity contribution < 1.29 is 9.72 Å². The lowest BCUT2D eigenvalue weighted by atomic mass is 10.1. The number of hydrogen-bond donors (Lipinski definition) is 1. The monoisotopic (exact) mass is 336 g/mol. The van der Waals surface area contributed by atoms with Crippen LogP contribution in [0.5, 0.6) is 0 Å². The van der Waals surface area contributed by atoms with Gasteiger partial charge in [0.25, 0.3) is 0 Å². The van der Waals surface area contributed by atoms with Crippen molar-refractivity contribution in [1.82, 2.24) is 9.78 Å². The summed E-state index contributed by atoms with van der Waals surface area (Å²) in [6.07, 6.45) is 2.65. The van der Waals surface area contributed by atoms with Crippen molar-refractivity contribution in [3.05, 3.63) is 77.1 Å². The normalized spacial score (nSPS) is 10.4. The maximum Gasteiger partial charge on any atom is 0.306 e. The molecule has 25 heavy (non-hydrogen) atoms. The lowest BCUT2D eigenvalue weighted by molar-refractivity contribution is -0.385. The van der Waals surface area contributed by atoms with Crippen LogP contribution in [-0.2, 0) is 11.3 Å². The molecule has 1 heterocycles. The van der Waals surface area contributed by atoms with Crippen molar-refractivity contribution in [3.63, 3.8) is 0 Å². The molecular weight excluding hydrogens is 320 g/mol. The maximum atomic E-state index is 12.0. The molecule has 126 valence electrons. The molecule has 0 unspecified atom stereocenters. The fourth-order valence-electron chi connectivity index (χ4n) is 2.39. The Morgan fingerprint density at radius 2 is 1.76 bits per heavy atom. The number of nitro groups is 1. The van der Waals surface area contributed by atoms with Gasteiger partial charge in [0.2, 0.25) is 5.91 Å². The van der Waals surface area contributed by atoms with E-state index < -0.39 is 4.92 Å². The van der Waals surface area contributed by atoms with Crippen LogP contribution in [0.4, 0.5) is 11.4 Å². The standard InChI is InChI=1S/C18H16N4O3/c23-18(10-11-21-13-17(12-19-21)22(24)25)20-16-8-6-15(7-9-16)14-4-2-1-3-5-14/h1-9,12-13H,10-11H2,(H,20,23). The zero-order valence-electron chi connectivity index (χ0n) is 13.3. The summed E-state index contributed by atoms with van der Waals surface area (Å²) in [4.78, 5) is 22.1. The Labute approximate surface area is 144 Å². The van der Waals surface area contributed by atoms with Gasteiger partial charge in [-0.25, -0.2) is 0 Å². The molecule has 3 rings (SSSR count). The molecule has 0 saturated heterocycles. The fraction of sp³-hybridized carbons (Fsp3) is 0.111. The van der Waals surface area contributed by atoms with Crippen molar-refractivity contribution in [2.24, 2.45) is 0 Å². The topological polar surface area (TPSA) is 90.1 Å². The second kappa shape index (κ2) is 7.39. The van der Waals surface area contributed by atoms with Gasteiger partial charge in [-0.05, 0) is 23.3 Å². The number of rotatable bonds is 6. The molecule has 1 amide bonds. The van der Waals surface area contributed by atoms with E-state index in [0.717, 1.165) is 11.1 Å². The lowest BCUT2D eigenvalue weighted by Crippen LogP contribution is -2.14. The average molecular weight is 336 g/mol. The van der Waals surface area contributed by atoms with Crippen molar-refractivity contribution in [2.45, 2.75) is 13.0 Å². The van der Waals surface area contributed by atoms with Crippen molar-refractivity contribution in [2.75, 3.05) is 5.32 Å². The van der Waals surface area contributed by atoms with Crippen LogP contribution in [0.25, 0.3) is 11.1 Å². The third-order valence-electron chi connectivity index (χ3n) is 3.67. The van der Waals surface area contributed by atoms with E-state index in [1.54, 1.807) is 0 Å². The van der Waals surface area contributed by atoms with E-state index >= 15 is 0 Å². The van der Waals surface area contributed by atoms with Gasteiger partial charge < -0.3 is 5.32 Å². The predicted octanol–water partition coefficient (Wildman–Crippen LogP) is 3.49. The Kier molecular flexibility index (Phi) is 4.84. The highest BCUT2D eigenvalue weighted by Gasteiger charge is 2.10. The first-order valence-electron chi connectivity index (χ1n) is 7.74. The van der Waals surface area contributed by atoms with Gasteiger partial charge in [-0.15, -0.1) is 0 Å². The van der Waals surface area contributed by atoms with Gasteiger partial charge >= 0.3 is 5.69 Å². The molecule has 1 aromatic heterocycles. The minimum absolute atomic E-state index is 0.0862. The number of carbonyl (C=O) groups is 1. The zero-order valence-corrected chi connectivity index (χ0v) is 13.3. The zero-order chi connectivity index (χ0) is 17.6. The molecule has 0 fully saturated rings. The molecule has 0 spiro atoms. The van der Waals surface area contributed by atoms with Crippen LogP contribution in [0.1, 0.15) is 6.42 Å². The quantitative estimate of drug-likeness (QED) is 0.551. The van der Waals surface area contributed by atoms with Crippen LogP contribution in [0.15, 0.2) is 67.0 Å². The summed E-state index contributed by atoms with van der Waals surface area (Å²) < 4.78 is 1.39. The third kappa shape index (κ3) is 4.29. The minimum Gasteiger partial charge on any atom is -0.326 e. The Morgan fingerprint density at radius 1 is 1.08 bits per heavy atom. The lowest BCUT2D eigenvalue weighted by Gasteiger charge is -2.07. The number of aromatic nitrogens is 2. The third-order valence-corrected chi connectivity index (χ3v) is 3.67. The van der Waals surface area contributed by atoms with E-state index in [4.69, 9.17) is 0 Å².